The van der Waals surface area contributed by atoms with Gasteiger partial charge in [-0.2, -0.15) is 0 Å². The number of para-hydroxylation sites is 1. The lowest BCUT2D eigenvalue weighted by molar-refractivity contribution is -0.128. The van der Waals surface area contributed by atoms with Gasteiger partial charge in [-0.05, 0) is 37.6 Å². The van der Waals surface area contributed by atoms with E-state index in [9.17, 15) is 19.2 Å². The van der Waals surface area contributed by atoms with Crippen LogP contribution in [0.4, 0.5) is 5.69 Å². The third kappa shape index (κ3) is 4.48. The molecule has 10 heteroatoms. The Bertz CT molecular complexity index is 1490. The predicted octanol–water partition coefficient (Wildman–Crippen LogP) is 2.36. The van der Waals surface area contributed by atoms with Gasteiger partial charge in [0, 0.05) is 18.7 Å². The van der Waals surface area contributed by atoms with E-state index >= 15 is 0 Å². The highest BCUT2D eigenvalue weighted by molar-refractivity contribution is 6.15. The Hall–Kier alpha value is -4.73. The average Bonchev–Trinajstić information content (AvgIpc) is 2.88. The van der Waals surface area contributed by atoms with Crippen LogP contribution in [0.2, 0.25) is 0 Å². The molecule has 0 saturated heterocycles. The number of nitrogens with one attached hydrogen (secondary N) is 2. The van der Waals surface area contributed by atoms with E-state index in [1.165, 1.54) is 11.2 Å². The summed E-state index contributed by atoms with van der Waals surface area (Å²) >= 11 is 0. The highest BCUT2D eigenvalue weighted by Crippen LogP contribution is 2.34. The van der Waals surface area contributed by atoms with Crippen LogP contribution in [0, 0.1) is 0 Å². The van der Waals surface area contributed by atoms with Crippen molar-refractivity contribution in [3.8, 4) is 16.9 Å². The molecule has 2 N–H and O–H groups in total. The van der Waals surface area contributed by atoms with Gasteiger partial charge in [0.2, 0.25) is 0 Å². The fraction of sp³-hybridized carbons (Fsp3) is 0.192. The number of rotatable bonds is 7. The summed E-state index contributed by atoms with van der Waals surface area (Å²) in [5.74, 6) is -0.868. The molecule has 0 aliphatic carbocycles. The maximum atomic E-state index is 13.3. The molecule has 3 aromatic rings. The molecule has 1 aliphatic rings. The van der Waals surface area contributed by atoms with Crippen molar-refractivity contribution in [2.24, 2.45) is 0 Å². The highest BCUT2D eigenvalue weighted by Gasteiger charge is 2.21. The highest BCUT2D eigenvalue weighted by atomic mass is 16.5. The predicted molar refractivity (Wildman–Crippen MR) is 136 cm³/mol. The van der Waals surface area contributed by atoms with Gasteiger partial charge >= 0.3 is 0 Å². The molecule has 1 aliphatic heterocycles. The van der Waals surface area contributed by atoms with Crippen LogP contribution < -0.4 is 20.9 Å². The Morgan fingerprint density at radius 3 is 2.64 bits per heavy atom. The fourth-order valence-corrected chi connectivity index (χ4v) is 3.89. The number of ether oxygens (including phenoxy) is 1. The third-order valence-electron chi connectivity index (χ3n) is 5.84. The number of amides is 3. The van der Waals surface area contributed by atoms with E-state index in [1.807, 2.05) is 19.9 Å². The molecule has 0 spiro atoms. The summed E-state index contributed by atoms with van der Waals surface area (Å²) in [6, 6.07) is 10.4. The Balaban J connectivity index is 1.64. The number of carbonyl (C=O) groups is 3. The standard InChI is InChI=1S/C26H25N5O5/c1-5-30(6-2)25(34)15(3)28-24(33)16(4)31-14-27-23-18(8-7-9-19(23)26(31)35)17-10-11-20-21(12-17)36-13-22(32)29-20/h7-12,14H,3-6,13H2,1-2H3,(H,28,33)(H,29,32). The van der Waals surface area contributed by atoms with Crippen molar-refractivity contribution in [1.29, 1.82) is 0 Å². The summed E-state index contributed by atoms with van der Waals surface area (Å²) in [7, 11) is 0. The van der Waals surface area contributed by atoms with E-state index in [-0.39, 0.29) is 29.3 Å². The van der Waals surface area contributed by atoms with Crippen LogP contribution in [0.15, 0.2) is 66.4 Å². The number of fused-ring (bicyclic) bond motifs is 2. The first-order valence-corrected chi connectivity index (χ1v) is 11.3. The van der Waals surface area contributed by atoms with E-state index in [0.717, 1.165) is 10.1 Å². The number of aromatic nitrogens is 2. The lowest BCUT2D eigenvalue weighted by Gasteiger charge is -2.20. The molecule has 0 radical (unpaired) electrons. The number of likely N-dealkylation sites (N-methyl/N-ethyl adjacent to an activating group) is 1. The first-order chi connectivity index (χ1) is 17.2. The van der Waals surface area contributed by atoms with E-state index in [0.29, 0.717) is 35.6 Å². The summed E-state index contributed by atoms with van der Waals surface area (Å²) < 4.78 is 6.53. The van der Waals surface area contributed by atoms with Crippen LogP contribution in [-0.4, -0.2) is 51.9 Å². The van der Waals surface area contributed by atoms with Crippen LogP contribution in [0.5, 0.6) is 5.75 Å². The number of nitrogens with zero attached hydrogens (tertiary/aromatic N) is 3. The molecule has 2 heterocycles. The zero-order chi connectivity index (χ0) is 26.0. The van der Waals surface area contributed by atoms with Gasteiger partial charge in [0.05, 0.1) is 22.3 Å². The normalized spacial score (nSPS) is 12.2. The first-order valence-electron chi connectivity index (χ1n) is 11.3. The second kappa shape index (κ2) is 9.87. The van der Waals surface area contributed by atoms with E-state index in [2.05, 4.69) is 28.8 Å². The molecule has 0 fully saturated rings. The Morgan fingerprint density at radius 1 is 1.17 bits per heavy atom. The molecule has 0 atom stereocenters. The van der Waals surface area contributed by atoms with Crippen molar-refractivity contribution in [3.05, 3.63) is 71.9 Å². The lowest BCUT2D eigenvalue weighted by atomic mass is 10.0. The van der Waals surface area contributed by atoms with Gasteiger partial charge in [0.25, 0.3) is 23.3 Å². The maximum Gasteiger partial charge on any atom is 0.272 e. The van der Waals surface area contributed by atoms with Gasteiger partial charge in [-0.3, -0.25) is 23.7 Å². The number of carbonyl (C=O) groups excluding carboxylic acids is 3. The van der Waals surface area contributed by atoms with Crippen molar-refractivity contribution in [2.45, 2.75) is 13.8 Å². The molecule has 0 bridgehead atoms. The molecule has 0 saturated carbocycles. The monoisotopic (exact) mass is 487 g/mol. The molecule has 3 amide bonds. The minimum Gasteiger partial charge on any atom is -0.482 e. The van der Waals surface area contributed by atoms with Crippen LogP contribution in [0.1, 0.15) is 13.8 Å². The van der Waals surface area contributed by atoms with Crippen LogP contribution in [-0.2, 0) is 14.4 Å². The smallest absolute Gasteiger partial charge is 0.272 e. The average molecular weight is 488 g/mol. The van der Waals surface area contributed by atoms with Crippen molar-refractivity contribution < 1.29 is 19.1 Å². The Labute approximate surface area is 206 Å². The summed E-state index contributed by atoms with van der Waals surface area (Å²) in [5, 5.41) is 5.43. The molecule has 2 aromatic carbocycles. The van der Waals surface area contributed by atoms with E-state index in [1.54, 1.807) is 30.3 Å². The molecule has 10 nitrogen and oxygen atoms in total. The van der Waals surface area contributed by atoms with Gasteiger partial charge in [-0.25, -0.2) is 4.98 Å². The van der Waals surface area contributed by atoms with Crippen molar-refractivity contribution in [2.75, 3.05) is 25.0 Å². The number of hydrogen-bond donors (Lipinski definition) is 2. The van der Waals surface area contributed by atoms with Gasteiger partial charge in [0.15, 0.2) is 6.61 Å². The van der Waals surface area contributed by atoms with Crippen LogP contribution in [0.25, 0.3) is 27.7 Å². The summed E-state index contributed by atoms with van der Waals surface area (Å²) in [5.41, 5.74) is 1.59. The van der Waals surface area contributed by atoms with Gasteiger partial charge in [-0.1, -0.05) is 31.4 Å². The van der Waals surface area contributed by atoms with Gasteiger partial charge in [-0.15, -0.1) is 0 Å². The second-order valence-corrected chi connectivity index (χ2v) is 8.03. The van der Waals surface area contributed by atoms with Gasteiger partial charge in [0.1, 0.15) is 17.8 Å². The summed E-state index contributed by atoms with van der Waals surface area (Å²) in [6.07, 6.45) is 1.22. The number of hydrogen-bond acceptors (Lipinski definition) is 6. The zero-order valence-electron chi connectivity index (χ0n) is 20.0. The minimum absolute atomic E-state index is 0.0773. The zero-order valence-corrected chi connectivity index (χ0v) is 20.0. The van der Waals surface area contributed by atoms with Gasteiger partial charge < -0.3 is 20.3 Å². The Morgan fingerprint density at radius 2 is 1.92 bits per heavy atom. The first kappa shape index (κ1) is 24.4. The third-order valence-corrected chi connectivity index (χ3v) is 5.84. The Kier molecular flexibility index (Phi) is 6.69. The summed E-state index contributed by atoms with van der Waals surface area (Å²) in [4.78, 5) is 55.8. The quantitative estimate of drug-likeness (QED) is 0.494. The maximum absolute atomic E-state index is 13.3. The molecule has 0 unspecified atom stereocenters. The van der Waals surface area contributed by atoms with Crippen molar-refractivity contribution >= 4 is 40.0 Å². The number of benzene rings is 2. The molecule has 4 rings (SSSR count). The second-order valence-electron chi connectivity index (χ2n) is 8.03. The number of anilines is 1. The SMILES string of the molecule is C=C(NC(=O)C(=C)n1cnc2c(-c3ccc4c(c3)OCC(=O)N4)cccc2c1=O)C(=O)N(CC)CC. The minimum atomic E-state index is -0.742. The van der Waals surface area contributed by atoms with Crippen molar-refractivity contribution in [1.82, 2.24) is 19.8 Å². The topological polar surface area (TPSA) is 123 Å². The molecule has 36 heavy (non-hydrogen) atoms. The molecule has 184 valence electrons. The van der Waals surface area contributed by atoms with E-state index < -0.39 is 17.4 Å². The molecule has 1 aromatic heterocycles. The lowest BCUT2D eigenvalue weighted by Crippen LogP contribution is -2.39. The fourth-order valence-electron chi connectivity index (χ4n) is 3.89. The van der Waals surface area contributed by atoms with Crippen molar-refractivity contribution in [3.63, 3.8) is 0 Å². The largest absolute Gasteiger partial charge is 0.482 e. The summed E-state index contributed by atoms with van der Waals surface area (Å²) in [6.45, 7) is 11.8. The van der Waals surface area contributed by atoms with Crippen LogP contribution >= 0.6 is 0 Å². The molecular weight excluding hydrogens is 462 g/mol. The van der Waals surface area contributed by atoms with Crippen LogP contribution in [0.3, 0.4) is 0 Å². The van der Waals surface area contributed by atoms with E-state index in [4.69, 9.17) is 4.74 Å². The molecular formula is C26H25N5O5.